The van der Waals surface area contributed by atoms with Crippen LogP contribution in [0.25, 0.3) is 30.2 Å². The predicted molar refractivity (Wildman–Crippen MR) is 135 cm³/mol. The number of hydrogen-bond acceptors (Lipinski definition) is 3. The molecule has 0 amide bonds. The molecule has 0 aromatic carbocycles. The maximum absolute atomic E-state index is 2.63. The molecule has 0 spiro atoms. The van der Waals surface area contributed by atoms with Crippen molar-refractivity contribution in [2.45, 2.75) is 85.1 Å². The van der Waals surface area contributed by atoms with Gasteiger partial charge in [0.1, 0.15) is 0 Å². The lowest BCUT2D eigenvalue weighted by Crippen LogP contribution is -1.96. The molecular weight excluding hydrogens is 410 g/mol. The van der Waals surface area contributed by atoms with Gasteiger partial charge in [-0.2, -0.15) is 0 Å². The van der Waals surface area contributed by atoms with E-state index in [2.05, 4.69) is 60.3 Å². The summed E-state index contributed by atoms with van der Waals surface area (Å²) in [5, 5.41) is 2.23. The van der Waals surface area contributed by atoms with Crippen molar-refractivity contribution in [1.29, 1.82) is 0 Å². The van der Waals surface area contributed by atoms with Gasteiger partial charge in [-0.05, 0) is 55.3 Å². The SMILES string of the molecule is CCCCCCc1cc2c(s1)c1sc(-c3sccc3C)cc1n2CCCCCC. The zero-order valence-electron chi connectivity index (χ0n) is 18.1. The van der Waals surface area contributed by atoms with E-state index < -0.39 is 0 Å². The minimum absolute atomic E-state index is 1.16. The normalized spacial score (nSPS) is 12.0. The molecule has 156 valence electrons. The van der Waals surface area contributed by atoms with Crippen molar-refractivity contribution in [2.75, 3.05) is 0 Å². The zero-order chi connectivity index (χ0) is 20.2. The Balaban J connectivity index is 1.68. The smallest absolute Gasteiger partial charge is 0.0707 e. The number of aryl methyl sites for hydroxylation is 3. The van der Waals surface area contributed by atoms with Gasteiger partial charge in [0.05, 0.1) is 20.4 Å². The van der Waals surface area contributed by atoms with Crippen LogP contribution in [-0.4, -0.2) is 4.57 Å². The number of rotatable bonds is 11. The molecule has 4 aromatic rings. The van der Waals surface area contributed by atoms with Gasteiger partial charge in [-0.15, -0.1) is 34.0 Å². The van der Waals surface area contributed by atoms with E-state index >= 15 is 0 Å². The lowest BCUT2D eigenvalue weighted by Gasteiger charge is -2.05. The molecule has 0 N–H and O–H groups in total. The van der Waals surface area contributed by atoms with E-state index in [0.717, 1.165) is 6.54 Å². The van der Waals surface area contributed by atoms with Crippen LogP contribution >= 0.6 is 34.0 Å². The third-order valence-corrected chi connectivity index (χ3v) is 9.53. The topological polar surface area (TPSA) is 4.93 Å². The second kappa shape index (κ2) is 9.80. The second-order valence-corrected chi connectivity index (χ2v) is 11.3. The molecule has 0 aliphatic heterocycles. The summed E-state index contributed by atoms with van der Waals surface area (Å²) < 4.78 is 5.68. The molecule has 0 saturated heterocycles. The first-order valence-electron chi connectivity index (χ1n) is 11.3. The highest BCUT2D eigenvalue weighted by molar-refractivity contribution is 7.30. The Morgan fingerprint density at radius 2 is 1.55 bits per heavy atom. The summed E-state index contributed by atoms with van der Waals surface area (Å²) in [4.78, 5) is 4.48. The van der Waals surface area contributed by atoms with Crippen LogP contribution in [0, 0.1) is 6.92 Å². The van der Waals surface area contributed by atoms with Crippen LogP contribution in [0.1, 0.15) is 75.7 Å². The lowest BCUT2D eigenvalue weighted by molar-refractivity contribution is 0.602. The number of aromatic nitrogens is 1. The van der Waals surface area contributed by atoms with E-state index in [9.17, 15) is 0 Å². The van der Waals surface area contributed by atoms with Crippen LogP contribution < -0.4 is 0 Å². The zero-order valence-corrected chi connectivity index (χ0v) is 20.5. The third kappa shape index (κ3) is 4.50. The highest BCUT2D eigenvalue weighted by Crippen LogP contribution is 2.45. The molecule has 0 aliphatic carbocycles. The third-order valence-electron chi connectivity index (χ3n) is 5.86. The summed E-state index contributed by atoms with van der Waals surface area (Å²) in [6, 6.07) is 7.22. The van der Waals surface area contributed by atoms with Crippen LogP contribution in [0.5, 0.6) is 0 Å². The van der Waals surface area contributed by atoms with Crippen LogP contribution in [-0.2, 0) is 13.0 Å². The number of thiophene rings is 3. The molecule has 4 aromatic heterocycles. The Labute approximate surface area is 187 Å². The van der Waals surface area contributed by atoms with E-state index in [-0.39, 0.29) is 0 Å². The molecule has 4 heterocycles. The van der Waals surface area contributed by atoms with Gasteiger partial charge in [0.15, 0.2) is 0 Å². The Morgan fingerprint density at radius 3 is 2.28 bits per heavy atom. The van der Waals surface area contributed by atoms with Gasteiger partial charge in [-0.3, -0.25) is 0 Å². The van der Waals surface area contributed by atoms with Crippen molar-refractivity contribution in [3.8, 4) is 9.75 Å². The average Bonchev–Trinajstić information content (AvgIpc) is 3.46. The number of unbranched alkanes of at least 4 members (excludes halogenated alkanes) is 6. The van der Waals surface area contributed by atoms with E-state index in [4.69, 9.17) is 0 Å². The highest BCUT2D eigenvalue weighted by atomic mass is 32.1. The number of fused-ring (bicyclic) bond motifs is 3. The van der Waals surface area contributed by atoms with Crippen LogP contribution in [0.4, 0.5) is 0 Å². The van der Waals surface area contributed by atoms with Gasteiger partial charge in [0.2, 0.25) is 0 Å². The van der Waals surface area contributed by atoms with Crippen LogP contribution in [0.2, 0.25) is 0 Å². The van der Waals surface area contributed by atoms with Crippen molar-refractivity contribution in [1.82, 2.24) is 4.57 Å². The minimum atomic E-state index is 1.16. The molecule has 4 heteroatoms. The van der Waals surface area contributed by atoms with Gasteiger partial charge in [0, 0.05) is 21.2 Å². The summed E-state index contributed by atoms with van der Waals surface area (Å²) in [6.07, 6.45) is 11.9. The molecule has 29 heavy (non-hydrogen) atoms. The van der Waals surface area contributed by atoms with E-state index in [1.807, 2.05) is 22.7 Å². The summed E-state index contributed by atoms with van der Waals surface area (Å²) >= 11 is 5.95. The quantitative estimate of drug-likeness (QED) is 0.203. The van der Waals surface area contributed by atoms with Gasteiger partial charge in [0.25, 0.3) is 0 Å². The Bertz CT molecular complexity index is 1060. The van der Waals surface area contributed by atoms with E-state index in [1.54, 1.807) is 4.88 Å². The van der Waals surface area contributed by atoms with Crippen LogP contribution in [0.15, 0.2) is 23.6 Å². The standard InChI is InChI=1S/C25H33NS3/c1-4-6-8-10-12-19-16-20-24(28-19)25-21(26(20)14-11-9-7-5-2)17-22(29-25)23-18(3)13-15-27-23/h13,15-17H,4-12,14H2,1-3H3. The Hall–Kier alpha value is -1.10. The van der Waals surface area contributed by atoms with Gasteiger partial charge >= 0.3 is 0 Å². The molecule has 0 bridgehead atoms. The maximum Gasteiger partial charge on any atom is 0.0707 e. The van der Waals surface area contributed by atoms with E-state index in [1.165, 1.54) is 93.5 Å². The lowest BCUT2D eigenvalue weighted by atomic mass is 10.1. The average molecular weight is 444 g/mol. The molecular formula is C25H33NS3. The largest absolute Gasteiger partial charge is 0.339 e. The molecule has 4 rings (SSSR count). The summed E-state index contributed by atoms with van der Waals surface area (Å²) in [6.45, 7) is 7.99. The minimum Gasteiger partial charge on any atom is -0.339 e. The first-order valence-corrected chi connectivity index (χ1v) is 13.8. The van der Waals surface area contributed by atoms with Crippen molar-refractivity contribution < 1.29 is 0 Å². The van der Waals surface area contributed by atoms with Crippen molar-refractivity contribution in [3.05, 3.63) is 34.0 Å². The molecule has 0 atom stereocenters. The van der Waals surface area contributed by atoms with Gasteiger partial charge in [-0.25, -0.2) is 0 Å². The summed E-state index contributed by atoms with van der Waals surface area (Å²) in [5.74, 6) is 0. The molecule has 0 unspecified atom stereocenters. The molecule has 0 fully saturated rings. The van der Waals surface area contributed by atoms with Crippen LogP contribution in [0.3, 0.4) is 0 Å². The van der Waals surface area contributed by atoms with E-state index in [0.29, 0.717) is 0 Å². The maximum atomic E-state index is 2.63. The summed E-state index contributed by atoms with van der Waals surface area (Å²) in [7, 11) is 0. The first kappa shape index (κ1) is 21.1. The second-order valence-electron chi connectivity index (χ2n) is 8.21. The van der Waals surface area contributed by atoms with Crippen molar-refractivity contribution in [2.24, 2.45) is 0 Å². The van der Waals surface area contributed by atoms with Gasteiger partial charge < -0.3 is 4.57 Å². The molecule has 1 nitrogen and oxygen atoms in total. The summed E-state index contributed by atoms with van der Waals surface area (Å²) in [5.41, 5.74) is 4.37. The monoisotopic (exact) mass is 443 g/mol. The Morgan fingerprint density at radius 1 is 0.828 bits per heavy atom. The predicted octanol–water partition coefficient (Wildman–Crippen LogP) is 9.66. The van der Waals surface area contributed by atoms with Crippen molar-refractivity contribution >= 4 is 54.4 Å². The first-order chi connectivity index (χ1) is 14.2. The fourth-order valence-corrected chi connectivity index (χ4v) is 7.81. The van der Waals surface area contributed by atoms with Gasteiger partial charge in [-0.1, -0.05) is 52.4 Å². The van der Waals surface area contributed by atoms with Crippen molar-refractivity contribution in [3.63, 3.8) is 0 Å². The Kier molecular flexibility index (Phi) is 7.15. The molecule has 0 saturated carbocycles. The number of nitrogens with zero attached hydrogens (tertiary/aromatic N) is 1. The molecule has 0 radical (unpaired) electrons. The fourth-order valence-electron chi connectivity index (χ4n) is 4.19. The fraction of sp³-hybridized carbons (Fsp3) is 0.520. The number of hydrogen-bond donors (Lipinski definition) is 0. The highest BCUT2D eigenvalue weighted by Gasteiger charge is 2.18. The molecule has 0 aliphatic rings.